The summed E-state index contributed by atoms with van der Waals surface area (Å²) >= 11 is 3.44. The van der Waals surface area contributed by atoms with Gasteiger partial charge in [-0.2, -0.15) is 18.3 Å². The number of para-hydroxylation sites is 1. The molecule has 1 atom stereocenters. The number of nitrogens with zero attached hydrogens (tertiary/aromatic N) is 2. The number of halogens is 4. The average molecular weight is 363 g/mol. The van der Waals surface area contributed by atoms with E-state index in [4.69, 9.17) is 0 Å². The number of hydrogen-bond donors (Lipinski definition) is 0. The maximum Gasteiger partial charge on any atom is 0.411 e. The third-order valence-corrected chi connectivity index (χ3v) is 3.75. The lowest BCUT2D eigenvalue weighted by molar-refractivity contribution is -0.174. The number of ether oxygens (including phenoxy) is 1. The van der Waals surface area contributed by atoms with E-state index in [1.165, 1.54) is 0 Å². The summed E-state index contributed by atoms with van der Waals surface area (Å²) in [4.78, 5) is -0.0943. The summed E-state index contributed by atoms with van der Waals surface area (Å²) in [5.41, 5.74) is 1.83. The molecule has 0 N–H and O–H groups in total. The largest absolute Gasteiger partial charge is 0.411 e. The van der Waals surface area contributed by atoms with Crippen molar-refractivity contribution in [1.82, 2.24) is 9.78 Å². The minimum absolute atomic E-state index is 0.0337. The van der Waals surface area contributed by atoms with E-state index >= 15 is 0 Å². The summed E-state index contributed by atoms with van der Waals surface area (Å²) in [6, 6.07) is 9.58. The van der Waals surface area contributed by atoms with Gasteiger partial charge in [-0.3, -0.25) is 0 Å². The molecule has 21 heavy (non-hydrogen) atoms. The Labute approximate surface area is 128 Å². The van der Waals surface area contributed by atoms with Crippen LogP contribution < -0.4 is 0 Å². The molecule has 0 aliphatic heterocycles. The summed E-state index contributed by atoms with van der Waals surface area (Å²) in [6.45, 7) is -1.18. The average Bonchev–Trinajstić information content (AvgIpc) is 2.93. The lowest BCUT2D eigenvalue weighted by Crippen LogP contribution is -2.17. The van der Waals surface area contributed by atoms with Crippen molar-refractivity contribution in [3.05, 3.63) is 48.3 Å². The van der Waals surface area contributed by atoms with Gasteiger partial charge in [0.1, 0.15) is 6.61 Å². The number of alkyl halides is 4. The van der Waals surface area contributed by atoms with Crippen molar-refractivity contribution < 1.29 is 17.9 Å². The zero-order chi connectivity index (χ0) is 15.3. The maximum atomic E-state index is 11.9. The molecule has 7 heteroatoms. The van der Waals surface area contributed by atoms with E-state index in [-0.39, 0.29) is 11.4 Å². The molecule has 0 bridgehead atoms. The molecule has 1 heterocycles. The number of aromatic nitrogens is 2. The fourth-order valence-corrected chi connectivity index (χ4v) is 2.19. The Hall–Kier alpha value is -1.34. The van der Waals surface area contributed by atoms with Crippen molar-refractivity contribution in [3.8, 4) is 5.69 Å². The van der Waals surface area contributed by atoms with Gasteiger partial charge in [-0.15, -0.1) is 0 Å². The molecular formula is C14H14BrF3N2O. The van der Waals surface area contributed by atoms with E-state index in [0.29, 0.717) is 6.42 Å². The van der Waals surface area contributed by atoms with Crippen LogP contribution >= 0.6 is 15.9 Å². The Morgan fingerprint density at radius 1 is 1.24 bits per heavy atom. The van der Waals surface area contributed by atoms with Crippen molar-refractivity contribution in [2.24, 2.45) is 0 Å². The number of rotatable bonds is 6. The second kappa shape index (κ2) is 7.09. The molecule has 114 valence electrons. The highest BCUT2D eigenvalue weighted by molar-refractivity contribution is 9.09. The molecule has 3 nitrogen and oxygen atoms in total. The molecule has 0 saturated carbocycles. The quantitative estimate of drug-likeness (QED) is 0.566. The molecule has 0 fully saturated rings. The van der Waals surface area contributed by atoms with Crippen molar-refractivity contribution in [2.75, 3.05) is 13.2 Å². The first-order valence-electron chi connectivity index (χ1n) is 6.34. The smallest absolute Gasteiger partial charge is 0.372 e. The van der Waals surface area contributed by atoms with Gasteiger partial charge in [0.15, 0.2) is 0 Å². The van der Waals surface area contributed by atoms with Crippen molar-refractivity contribution in [2.45, 2.75) is 17.4 Å². The van der Waals surface area contributed by atoms with Gasteiger partial charge < -0.3 is 4.74 Å². The van der Waals surface area contributed by atoms with Crippen molar-refractivity contribution in [3.63, 3.8) is 0 Å². The molecule has 0 radical (unpaired) electrons. The summed E-state index contributed by atoms with van der Waals surface area (Å²) in [6.07, 6.45) is -0.300. The van der Waals surface area contributed by atoms with E-state index in [0.717, 1.165) is 11.3 Å². The molecule has 1 aromatic heterocycles. The van der Waals surface area contributed by atoms with Crippen LogP contribution in [0.4, 0.5) is 13.2 Å². The third kappa shape index (κ3) is 5.17. The van der Waals surface area contributed by atoms with Crippen LogP contribution in [-0.4, -0.2) is 29.2 Å². The summed E-state index contributed by atoms with van der Waals surface area (Å²) in [5, 5.41) is 4.24. The Kier molecular flexibility index (Phi) is 5.41. The van der Waals surface area contributed by atoms with Gasteiger partial charge >= 0.3 is 6.18 Å². The van der Waals surface area contributed by atoms with Crippen LogP contribution in [0.3, 0.4) is 0 Å². The molecule has 0 amide bonds. The molecular weight excluding hydrogens is 349 g/mol. The van der Waals surface area contributed by atoms with Crippen LogP contribution in [0.25, 0.3) is 5.69 Å². The lowest BCUT2D eigenvalue weighted by atomic mass is 10.2. The van der Waals surface area contributed by atoms with Crippen LogP contribution in [0.5, 0.6) is 0 Å². The summed E-state index contributed by atoms with van der Waals surface area (Å²) in [7, 11) is 0. The Morgan fingerprint density at radius 3 is 2.62 bits per heavy atom. The lowest BCUT2D eigenvalue weighted by Gasteiger charge is -2.10. The minimum Gasteiger partial charge on any atom is -0.372 e. The first-order chi connectivity index (χ1) is 9.96. The van der Waals surface area contributed by atoms with E-state index in [9.17, 15) is 13.2 Å². The SMILES string of the molecule is FC(F)(F)COCCC(Br)c1cnn(-c2ccccc2)c1. The molecule has 0 aliphatic rings. The highest BCUT2D eigenvalue weighted by Gasteiger charge is 2.27. The second-order valence-electron chi connectivity index (χ2n) is 4.48. The van der Waals surface area contributed by atoms with E-state index < -0.39 is 12.8 Å². The summed E-state index contributed by atoms with van der Waals surface area (Å²) < 4.78 is 42.2. The summed E-state index contributed by atoms with van der Waals surface area (Å²) in [5.74, 6) is 0. The van der Waals surface area contributed by atoms with E-state index in [1.54, 1.807) is 10.9 Å². The first-order valence-corrected chi connectivity index (χ1v) is 7.26. The normalized spacial score (nSPS) is 13.3. The predicted molar refractivity (Wildman–Crippen MR) is 76.7 cm³/mol. The number of benzene rings is 1. The van der Waals surface area contributed by atoms with E-state index in [2.05, 4.69) is 25.8 Å². The monoisotopic (exact) mass is 362 g/mol. The number of hydrogen-bond acceptors (Lipinski definition) is 2. The zero-order valence-corrected chi connectivity index (χ0v) is 12.6. The van der Waals surface area contributed by atoms with E-state index in [1.807, 2.05) is 36.5 Å². The second-order valence-corrected chi connectivity index (χ2v) is 5.58. The van der Waals surface area contributed by atoms with Gasteiger partial charge in [0.25, 0.3) is 0 Å². The highest BCUT2D eigenvalue weighted by Crippen LogP contribution is 2.27. The minimum atomic E-state index is -4.28. The van der Waals surface area contributed by atoms with Crippen molar-refractivity contribution >= 4 is 15.9 Å². The van der Waals surface area contributed by atoms with Crippen molar-refractivity contribution in [1.29, 1.82) is 0 Å². The topological polar surface area (TPSA) is 27.1 Å². The molecule has 0 spiro atoms. The maximum absolute atomic E-state index is 11.9. The van der Waals surface area contributed by atoms with Crippen LogP contribution in [0, 0.1) is 0 Å². The zero-order valence-electron chi connectivity index (χ0n) is 11.1. The Bertz CT molecular complexity index is 557. The molecule has 0 saturated heterocycles. The Morgan fingerprint density at radius 2 is 1.95 bits per heavy atom. The fraction of sp³-hybridized carbons (Fsp3) is 0.357. The molecule has 0 aliphatic carbocycles. The van der Waals surface area contributed by atoms with Crippen LogP contribution in [0.2, 0.25) is 0 Å². The van der Waals surface area contributed by atoms with Gasteiger partial charge in [0, 0.05) is 23.2 Å². The van der Waals surface area contributed by atoms with Gasteiger partial charge in [0.2, 0.25) is 0 Å². The molecule has 2 aromatic rings. The standard InChI is InChI=1S/C14H14BrF3N2O/c15-13(6-7-21-10-14(16,17)18)11-8-19-20(9-11)12-4-2-1-3-5-12/h1-5,8-9,13H,6-7,10H2. The Balaban J connectivity index is 1.86. The third-order valence-electron chi connectivity index (χ3n) is 2.77. The van der Waals surface area contributed by atoms with Gasteiger partial charge in [-0.1, -0.05) is 34.1 Å². The highest BCUT2D eigenvalue weighted by atomic mass is 79.9. The predicted octanol–water partition coefficient (Wildman–Crippen LogP) is 4.28. The van der Waals surface area contributed by atoms with Gasteiger partial charge in [-0.25, -0.2) is 4.68 Å². The molecule has 2 rings (SSSR count). The first kappa shape index (κ1) is 16.0. The van der Waals surface area contributed by atoms with Crippen LogP contribution in [0.1, 0.15) is 16.8 Å². The molecule has 1 unspecified atom stereocenters. The van der Waals surface area contributed by atoms with Gasteiger partial charge in [0.05, 0.1) is 11.9 Å². The van der Waals surface area contributed by atoms with Crippen LogP contribution in [0.15, 0.2) is 42.7 Å². The molecule has 1 aromatic carbocycles. The fourth-order valence-electron chi connectivity index (χ4n) is 1.76. The van der Waals surface area contributed by atoms with Crippen LogP contribution in [-0.2, 0) is 4.74 Å². The van der Waals surface area contributed by atoms with Gasteiger partial charge in [-0.05, 0) is 18.6 Å².